The number of alkyl halides is 12. The molecule has 1 rings (SSSR count). The number of halogens is 12. The lowest BCUT2D eigenvalue weighted by molar-refractivity contribution is -0.169. The second-order valence-electron chi connectivity index (χ2n) is 6.86. The van der Waals surface area contributed by atoms with E-state index >= 15 is 0 Å². The number of methoxy groups -OCH3 is 1. The van der Waals surface area contributed by atoms with E-state index in [9.17, 15) is 71.4 Å². The van der Waals surface area contributed by atoms with Crippen LogP contribution in [0.3, 0.4) is 0 Å². The summed E-state index contributed by atoms with van der Waals surface area (Å²) in [6.45, 7) is -10.5. The lowest BCUT2D eigenvalue weighted by Gasteiger charge is -2.26. The second-order valence-corrected chi connectivity index (χ2v) is 11.0. The van der Waals surface area contributed by atoms with Gasteiger partial charge in [0.1, 0.15) is 0 Å². The Morgan fingerprint density at radius 2 is 1.18 bits per heavy atom. The molecule has 40 heavy (non-hydrogen) atoms. The maximum Gasteiger partial charge on any atom is 0.717 e. The quantitative estimate of drug-likeness (QED) is 0.121. The maximum atomic E-state index is 12.8. The Kier molecular flexibility index (Phi) is 12.0. The summed E-state index contributed by atoms with van der Waals surface area (Å²) in [5.41, 5.74) is 0. The number of hydrogen-bond donors (Lipinski definition) is 0. The molecule has 1 aliphatic rings. The Hall–Kier alpha value is -1.62. The van der Waals surface area contributed by atoms with Crippen LogP contribution in [0.25, 0.3) is 0 Å². The van der Waals surface area contributed by atoms with Gasteiger partial charge < -0.3 is 18.7 Å². The molecule has 0 radical (unpaired) electrons. The minimum Gasteiger partial charge on any atom is -0.482 e. The molecule has 1 fully saturated rings. The smallest absolute Gasteiger partial charge is 0.482 e. The van der Waals surface area contributed by atoms with Gasteiger partial charge in [0.2, 0.25) is 11.7 Å². The van der Waals surface area contributed by atoms with E-state index < -0.39 is 97.3 Å². The summed E-state index contributed by atoms with van der Waals surface area (Å²) >= 11 is 0. The SMILES string of the molecule is COC(=O)C(OB1OC(=O)C(P(=O)(OCC(F)(F)F)OCC(F)(F)F)O1)P(=O)(OCC(F)(F)F)OCC(F)(F)F. The van der Waals surface area contributed by atoms with Gasteiger partial charge in [-0.2, -0.15) is 52.7 Å². The molecule has 0 aromatic carbocycles. The van der Waals surface area contributed by atoms with E-state index in [4.69, 9.17) is 0 Å². The Morgan fingerprint density at radius 3 is 1.52 bits per heavy atom. The van der Waals surface area contributed by atoms with Crippen LogP contribution in [0, 0.1) is 0 Å². The molecule has 0 spiro atoms. The third-order valence-electron chi connectivity index (χ3n) is 3.50. The average Bonchev–Trinajstić information content (AvgIpc) is 3.16. The van der Waals surface area contributed by atoms with Crippen molar-refractivity contribution in [1.29, 1.82) is 0 Å². The average molecular weight is 662 g/mol. The predicted molar refractivity (Wildman–Crippen MR) is 96.8 cm³/mol. The molecule has 0 bridgehead atoms. The number of carbonyl (C=O) groups is 2. The molecule has 0 aromatic rings. The number of rotatable bonds is 13. The molecule has 0 saturated carbocycles. The van der Waals surface area contributed by atoms with Gasteiger partial charge in [-0.3, -0.25) is 32.0 Å². The minimum absolute atomic E-state index is 0.408. The number of carbonyl (C=O) groups excluding carboxylic acids is 2. The van der Waals surface area contributed by atoms with Gasteiger partial charge in [-0.15, -0.1) is 0 Å². The monoisotopic (exact) mass is 662 g/mol. The minimum atomic E-state index is -6.13. The number of ether oxygens (including phenoxy) is 1. The van der Waals surface area contributed by atoms with Crippen molar-refractivity contribution in [3.8, 4) is 0 Å². The Balaban J connectivity index is 3.32. The Bertz CT molecular complexity index is 940. The fourth-order valence-electron chi connectivity index (χ4n) is 2.07. The standard InChI is InChI=1S/C13H13BF12O12P2/c1-31-6(27)8(39(29,32-2-10(15,16)17)33-3-11(18,19)20)37-14-36-7(28)9(38-14)40(30,34-4-12(21,22)23)35-5-13(24,25)26/h8-9H,2-5H2,1H3. The fraction of sp³-hybridized carbons (Fsp3) is 0.846. The molecule has 1 aliphatic heterocycles. The second kappa shape index (κ2) is 13.1. The van der Waals surface area contributed by atoms with E-state index in [0.717, 1.165) is 0 Å². The highest BCUT2D eigenvalue weighted by atomic mass is 31.2. The first kappa shape index (κ1) is 36.4. The maximum absolute atomic E-state index is 12.8. The van der Waals surface area contributed by atoms with Gasteiger partial charge in [-0.05, 0) is 0 Å². The Morgan fingerprint density at radius 1 is 0.800 bits per heavy atom. The molecule has 234 valence electrons. The number of hydrogen-bond acceptors (Lipinski definition) is 12. The van der Waals surface area contributed by atoms with Gasteiger partial charge in [-0.1, -0.05) is 0 Å². The zero-order valence-corrected chi connectivity index (χ0v) is 20.7. The van der Waals surface area contributed by atoms with Crippen LogP contribution in [-0.4, -0.2) is 89.2 Å². The van der Waals surface area contributed by atoms with Crippen molar-refractivity contribution in [3.05, 3.63) is 0 Å². The largest absolute Gasteiger partial charge is 0.717 e. The summed E-state index contributed by atoms with van der Waals surface area (Å²) in [6, 6.07) is 0. The van der Waals surface area contributed by atoms with Crippen molar-refractivity contribution in [3.63, 3.8) is 0 Å². The van der Waals surface area contributed by atoms with E-state index in [1.165, 1.54) is 0 Å². The molecular formula is C13H13BF12O12P2. The fourth-order valence-corrected chi connectivity index (χ4v) is 5.24. The summed E-state index contributed by atoms with van der Waals surface area (Å²) in [6.07, 6.45) is -21.6. The summed E-state index contributed by atoms with van der Waals surface area (Å²) in [7, 11) is -14.8. The van der Waals surface area contributed by atoms with Crippen LogP contribution in [0.5, 0.6) is 0 Å². The van der Waals surface area contributed by atoms with Crippen molar-refractivity contribution < 1.29 is 108 Å². The van der Waals surface area contributed by atoms with Crippen LogP contribution < -0.4 is 0 Å². The third kappa shape index (κ3) is 12.5. The third-order valence-corrected chi connectivity index (χ3v) is 7.27. The molecule has 1 heterocycles. The van der Waals surface area contributed by atoms with E-state index in [0.29, 0.717) is 7.11 Å². The molecule has 1 saturated heterocycles. The highest BCUT2D eigenvalue weighted by molar-refractivity contribution is 7.56. The van der Waals surface area contributed by atoms with Crippen molar-refractivity contribution in [1.82, 2.24) is 0 Å². The van der Waals surface area contributed by atoms with Crippen molar-refractivity contribution >= 4 is 34.5 Å². The molecule has 0 aliphatic carbocycles. The normalized spacial score (nSPS) is 18.6. The summed E-state index contributed by atoms with van der Waals surface area (Å²) in [5, 5.41) is 0. The van der Waals surface area contributed by atoms with Crippen LogP contribution >= 0.6 is 15.2 Å². The molecule has 2 atom stereocenters. The van der Waals surface area contributed by atoms with E-state index in [1.54, 1.807) is 0 Å². The molecule has 0 N–H and O–H groups in total. The topological polar surface area (TPSA) is 142 Å². The van der Waals surface area contributed by atoms with Crippen molar-refractivity contribution in [2.45, 2.75) is 36.4 Å². The van der Waals surface area contributed by atoms with Gasteiger partial charge >= 0.3 is 59.2 Å². The van der Waals surface area contributed by atoms with Gasteiger partial charge in [0.15, 0.2) is 26.4 Å². The van der Waals surface area contributed by atoms with Crippen molar-refractivity contribution in [2.75, 3.05) is 33.5 Å². The summed E-state index contributed by atoms with van der Waals surface area (Å²) in [4.78, 5) is 24.0. The molecule has 12 nitrogen and oxygen atoms in total. The molecule has 2 unspecified atom stereocenters. The molecular weight excluding hydrogens is 649 g/mol. The predicted octanol–water partition coefficient (Wildman–Crippen LogP) is 4.09. The van der Waals surface area contributed by atoms with Gasteiger partial charge in [0.25, 0.3) is 0 Å². The summed E-state index contributed by atoms with van der Waals surface area (Å²) < 4.78 is 208. The van der Waals surface area contributed by atoms with Crippen LogP contribution in [0.2, 0.25) is 0 Å². The lowest BCUT2D eigenvalue weighted by Crippen LogP contribution is -2.37. The van der Waals surface area contributed by atoms with Gasteiger partial charge in [0.05, 0.1) is 7.11 Å². The number of esters is 1. The van der Waals surface area contributed by atoms with E-state index in [1.807, 2.05) is 0 Å². The first-order valence-corrected chi connectivity index (χ1v) is 12.7. The van der Waals surface area contributed by atoms with Crippen LogP contribution in [0.4, 0.5) is 52.7 Å². The van der Waals surface area contributed by atoms with Gasteiger partial charge in [0, 0.05) is 0 Å². The highest BCUT2D eigenvalue weighted by Gasteiger charge is 2.59. The first-order chi connectivity index (χ1) is 17.8. The zero-order valence-electron chi connectivity index (χ0n) is 18.9. The molecule has 0 amide bonds. The zero-order chi connectivity index (χ0) is 31.4. The first-order valence-electron chi connectivity index (χ1n) is 9.43. The van der Waals surface area contributed by atoms with Crippen molar-refractivity contribution in [2.24, 2.45) is 0 Å². The van der Waals surface area contributed by atoms with E-state index in [-0.39, 0.29) is 0 Å². The Labute approximate surface area is 213 Å². The lowest BCUT2D eigenvalue weighted by atomic mass is 10.2. The van der Waals surface area contributed by atoms with Crippen LogP contribution in [0.15, 0.2) is 0 Å². The highest BCUT2D eigenvalue weighted by Crippen LogP contribution is 2.59. The van der Waals surface area contributed by atoms with E-state index in [2.05, 4.69) is 36.8 Å². The molecule has 27 heteroatoms. The van der Waals surface area contributed by atoms with Crippen LogP contribution in [-0.2, 0) is 55.5 Å². The van der Waals surface area contributed by atoms with Gasteiger partial charge in [-0.25, -0.2) is 4.79 Å². The van der Waals surface area contributed by atoms with Crippen LogP contribution in [0.1, 0.15) is 0 Å². The molecule has 0 aromatic heterocycles. The summed E-state index contributed by atoms with van der Waals surface area (Å²) in [5.74, 6) is -10.8.